The predicted molar refractivity (Wildman–Crippen MR) is 86.7 cm³/mol. The largest absolute Gasteiger partial charge is 0.411 e. The zero-order valence-corrected chi connectivity index (χ0v) is 14.2. The molecule has 128 valence electrons. The van der Waals surface area contributed by atoms with Crippen molar-refractivity contribution in [1.29, 1.82) is 0 Å². The third-order valence-electron chi connectivity index (χ3n) is 7.36. The average Bonchev–Trinajstić information content (AvgIpc) is 2.79. The Morgan fingerprint density at radius 1 is 1.17 bits per heavy atom. The number of hydrogen-bond acceptors (Lipinski definition) is 5. The van der Waals surface area contributed by atoms with Gasteiger partial charge in [-0.05, 0) is 42.6 Å². The Labute approximate surface area is 141 Å². The molecule has 0 aliphatic heterocycles. The first-order valence-corrected chi connectivity index (χ1v) is 8.83. The van der Waals surface area contributed by atoms with Crippen LogP contribution in [0.4, 0.5) is 0 Å². The van der Waals surface area contributed by atoms with Gasteiger partial charge in [0.25, 0.3) is 0 Å². The minimum Gasteiger partial charge on any atom is -0.411 e. The molecule has 1 N–H and O–H groups in total. The van der Waals surface area contributed by atoms with Crippen LogP contribution in [-0.2, 0) is 14.4 Å². The summed E-state index contributed by atoms with van der Waals surface area (Å²) in [5.41, 5.74) is 0.373. The standard InChI is InChI=1S/C19H23NO4/c1-18-6-5-11(21)7-10(18)3-4-12-13-8-14(20-24)17(23)19(13,2)9-15(22)16(12)18/h7,12-13,16,24H,3-6,8-9H2,1-2H3/t12-,13-,16+,18-,19-/m0/s1. The molecule has 4 aliphatic carbocycles. The molecule has 0 aromatic carbocycles. The van der Waals surface area contributed by atoms with Gasteiger partial charge in [0.15, 0.2) is 11.6 Å². The third kappa shape index (κ3) is 1.81. The second-order valence-electron chi connectivity index (χ2n) is 8.48. The van der Waals surface area contributed by atoms with Gasteiger partial charge in [0.1, 0.15) is 11.5 Å². The Kier molecular flexibility index (Phi) is 3.19. The van der Waals surface area contributed by atoms with E-state index in [-0.39, 0.29) is 52.7 Å². The van der Waals surface area contributed by atoms with Crippen LogP contribution in [0.25, 0.3) is 0 Å². The van der Waals surface area contributed by atoms with Crippen molar-refractivity contribution < 1.29 is 19.6 Å². The zero-order chi connectivity index (χ0) is 17.3. The van der Waals surface area contributed by atoms with E-state index < -0.39 is 5.41 Å². The highest BCUT2D eigenvalue weighted by Gasteiger charge is 2.63. The molecule has 5 nitrogen and oxygen atoms in total. The Hall–Kier alpha value is -1.78. The molecule has 0 bridgehead atoms. The predicted octanol–water partition coefficient (Wildman–Crippen LogP) is 2.71. The lowest BCUT2D eigenvalue weighted by Crippen LogP contribution is -2.55. The van der Waals surface area contributed by atoms with Gasteiger partial charge in [0, 0.05) is 30.6 Å². The zero-order valence-electron chi connectivity index (χ0n) is 14.2. The molecule has 24 heavy (non-hydrogen) atoms. The Morgan fingerprint density at radius 3 is 2.62 bits per heavy atom. The molecule has 5 heteroatoms. The molecule has 0 aromatic heterocycles. The Balaban J connectivity index is 1.78. The van der Waals surface area contributed by atoms with E-state index in [0.717, 1.165) is 24.8 Å². The van der Waals surface area contributed by atoms with E-state index in [4.69, 9.17) is 5.21 Å². The second-order valence-corrected chi connectivity index (χ2v) is 8.48. The lowest BCUT2D eigenvalue weighted by atomic mass is 9.47. The van der Waals surface area contributed by atoms with Crippen LogP contribution in [0.5, 0.6) is 0 Å². The number of carbonyl (C=O) groups is 3. The molecular formula is C19H23NO4. The van der Waals surface area contributed by atoms with Crippen LogP contribution in [-0.4, -0.2) is 28.3 Å². The van der Waals surface area contributed by atoms with Gasteiger partial charge in [-0.1, -0.05) is 24.6 Å². The van der Waals surface area contributed by atoms with Crippen molar-refractivity contribution in [2.45, 2.75) is 52.4 Å². The summed E-state index contributed by atoms with van der Waals surface area (Å²) in [5.74, 6) is 0.236. The highest BCUT2D eigenvalue weighted by Crippen LogP contribution is 2.62. The van der Waals surface area contributed by atoms with Crippen LogP contribution in [0.3, 0.4) is 0 Å². The number of oxime groups is 1. The first-order valence-electron chi connectivity index (χ1n) is 8.83. The molecule has 3 fully saturated rings. The summed E-state index contributed by atoms with van der Waals surface area (Å²) in [6.07, 6.45) is 5.34. The van der Waals surface area contributed by atoms with Crippen LogP contribution in [0.2, 0.25) is 0 Å². The number of ketones is 3. The molecule has 0 heterocycles. The van der Waals surface area contributed by atoms with Gasteiger partial charge in [0.2, 0.25) is 0 Å². The Morgan fingerprint density at radius 2 is 1.92 bits per heavy atom. The number of Topliss-reactive ketones (excluding diaryl/α,β-unsaturated/α-hetero) is 2. The molecule has 4 aliphatic rings. The van der Waals surface area contributed by atoms with Crippen molar-refractivity contribution >= 4 is 23.1 Å². The van der Waals surface area contributed by atoms with Crippen molar-refractivity contribution in [3.63, 3.8) is 0 Å². The smallest absolute Gasteiger partial charge is 0.186 e. The maximum atomic E-state index is 13.1. The van der Waals surface area contributed by atoms with E-state index in [0.29, 0.717) is 12.8 Å². The number of allylic oxidation sites excluding steroid dienone is 1. The lowest BCUT2D eigenvalue weighted by Gasteiger charge is -2.55. The first kappa shape index (κ1) is 15.7. The number of fused-ring (bicyclic) bond motifs is 5. The van der Waals surface area contributed by atoms with Crippen LogP contribution in [0.1, 0.15) is 52.4 Å². The van der Waals surface area contributed by atoms with Crippen molar-refractivity contribution in [1.82, 2.24) is 0 Å². The van der Waals surface area contributed by atoms with E-state index in [1.165, 1.54) is 0 Å². The van der Waals surface area contributed by atoms with Gasteiger partial charge < -0.3 is 5.21 Å². The van der Waals surface area contributed by atoms with Gasteiger partial charge in [-0.3, -0.25) is 14.4 Å². The van der Waals surface area contributed by atoms with Gasteiger partial charge in [-0.25, -0.2) is 0 Å². The quantitative estimate of drug-likeness (QED) is 0.547. The lowest BCUT2D eigenvalue weighted by molar-refractivity contribution is -0.149. The maximum absolute atomic E-state index is 13.1. The van der Waals surface area contributed by atoms with Crippen molar-refractivity contribution in [2.24, 2.45) is 33.7 Å². The van der Waals surface area contributed by atoms with E-state index in [1.807, 2.05) is 6.92 Å². The minimum atomic E-state index is -0.720. The van der Waals surface area contributed by atoms with Crippen LogP contribution in [0.15, 0.2) is 16.8 Å². The molecule has 0 unspecified atom stereocenters. The third-order valence-corrected chi connectivity index (χ3v) is 7.36. The minimum absolute atomic E-state index is 0.0644. The summed E-state index contributed by atoms with van der Waals surface area (Å²) < 4.78 is 0. The summed E-state index contributed by atoms with van der Waals surface area (Å²) in [6, 6.07) is 0. The molecule has 4 rings (SSSR count). The van der Waals surface area contributed by atoms with E-state index in [1.54, 1.807) is 6.08 Å². The SMILES string of the molecule is C[C@]12CCC(=O)C=C1CC[C@@H]1[C@@H]2C(=O)C[C@]2(C)C(=O)C(=NO)C[C@@H]12. The molecule has 0 spiro atoms. The van der Waals surface area contributed by atoms with Crippen LogP contribution < -0.4 is 0 Å². The van der Waals surface area contributed by atoms with E-state index >= 15 is 0 Å². The van der Waals surface area contributed by atoms with Crippen LogP contribution in [0, 0.1) is 28.6 Å². The summed E-state index contributed by atoms with van der Waals surface area (Å²) in [4.78, 5) is 37.5. The highest BCUT2D eigenvalue weighted by atomic mass is 16.4. The molecule has 0 saturated heterocycles. The molecule has 3 saturated carbocycles. The molecular weight excluding hydrogens is 306 g/mol. The summed E-state index contributed by atoms with van der Waals surface area (Å²) in [6.45, 7) is 3.99. The summed E-state index contributed by atoms with van der Waals surface area (Å²) in [5, 5.41) is 12.4. The van der Waals surface area contributed by atoms with Gasteiger partial charge in [0.05, 0.1) is 0 Å². The van der Waals surface area contributed by atoms with Gasteiger partial charge in [-0.15, -0.1) is 0 Å². The first-order chi connectivity index (χ1) is 11.3. The van der Waals surface area contributed by atoms with E-state index in [2.05, 4.69) is 12.1 Å². The fraction of sp³-hybridized carbons (Fsp3) is 0.684. The monoisotopic (exact) mass is 329 g/mol. The molecule has 0 amide bonds. The number of hydrogen-bond donors (Lipinski definition) is 1. The van der Waals surface area contributed by atoms with Crippen molar-refractivity contribution in [3.8, 4) is 0 Å². The topological polar surface area (TPSA) is 83.8 Å². The molecule has 0 aromatic rings. The van der Waals surface area contributed by atoms with Crippen molar-refractivity contribution in [2.75, 3.05) is 0 Å². The Bertz CT molecular complexity index is 721. The maximum Gasteiger partial charge on any atom is 0.186 e. The second kappa shape index (κ2) is 4.87. The fourth-order valence-electron chi connectivity index (χ4n) is 6.09. The van der Waals surface area contributed by atoms with Crippen molar-refractivity contribution in [3.05, 3.63) is 11.6 Å². The van der Waals surface area contributed by atoms with Crippen LogP contribution >= 0.6 is 0 Å². The average molecular weight is 329 g/mol. The number of nitrogens with zero attached hydrogens (tertiary/aromatic N) is 1. The molecule has 0 radical (unpaired) electrons. The molecule has 5 atom stereocenters. The normalized spacial score (nSPS) is 46.4. The number of rotatable bonds is 0. The highest BCUT2D eigenvalue weighted by molar-refractivity contribution is 6.44. The number of carbonyl (C=O) groups excluding carboxylic acids is 3. The summed E-state index contributed by atoms with van der Waals surface area (Å²) in [7, 11) is 0. The van der Waals surface area contributed by atoms with E-state index in [9.17, 15) is 14.4 Å². The summed E-state index contributed by atoms with van der Waals surface area (Å²) >= 11 is 0. The fourth-order valence-corrected chi connectivity index (χ4v) is 6.09. The van der Waals surface area contributed by atoms with Gasteiger partial charge in [-0.2, -0.15) is 0 Å². The van der Waals surface area contributed by atoms with Gasteiger partial charge >= 0.3 is 0 Å².